The van der Waals surface area contributed by atoms with Gasteiger partial charge in [0.15, 0.2) is 0 Å². The number of carboxylic acid groups (broad SMARTS) is 1. The highest BCUT2D eigenvalue weighted by molar-refractivity contribution is 5.98. The largest absolute Gasteiger partial charge is 0.478 e. The summed E-state index contributed by atoms with van der Waals surface area (Å²) in [5.41, 5.74) is 1.45. The van der Waals surface area contributed by atoms with Gasteiger partial charge in [0.2, 0.25) is 0 Å². The molecule has 1 saturated heterocycles. The van der Waals surface area contributed by atoms with Crippen LogP contribution in [0, 0.1) is 0 Å². The summed E-state index contributed by atoms with van der Waals surface area (Å²) < 4.78 is 4.88. The Hall–Kier alpha value is -2.47. The van der Waals surface area contributed by atoms with Gasteiger partial charge in [-0.3, -0.25) is 14.5 Å². The van der Waals surface area contributed by atoms with Gasteiger partial charge in [0.1, 0.15) is 13.2 Å². The molecule has 0 saturated carbocycles. The number of benzene rings is 1. The van der Waals surface area contributed by atoms with Gasteiger partial charge in [-0.25, -0.2) is 4.79 Å². The van der Waals surface area contributed by atoms with Gasteiger partial charge in [0.05, 0.1) is 6.04 Å². The Morgan fingerprint density at radius 1 is 1.33 bits per heavy atom. The fourth-order valence-corrected chi connectivity index (χ4v) is 2.17. The molecule has 1 unspecified atom stereocenters. The van der Waals surface area contributed by atoms with Crippen LogP contribution in [0.15, 0.2) is 30.3 Å². The Morgan fingerprint density at radius 3 is 2.62 bits per heavy atom. The van der Waals surface area contributed by atoms with E-state index in [0.717, 1.165) is 11.6 Å². The standard InChI is InChI=1S/C15H15NO5/c1-10(16-13(17)8-21-9-14(16)18)12-4-2-3-11(7-12)5-6-15(19)20/h2-7,10H,8-9H2,1H3,(H,19,20). The molecule has 1 N–H and O–H groups in total. The minimum absolute atomic E-state index is 0.102. The molecule has 0 bridgehead atoms. The molecule has 2 rings (SSSR count). The highest BCUT2D eigenvalue weighted by atomic mass is 16.5. The van der Waals surface area contributed by atoms with E-state index in [1.807, 2.05) is 0 Å². The molecule has 6 nitrogen and oxygen atoms in total. The van der Waals surface area contributed by atoms with E-state index in [4.69, 9.17) is 9.84 Å². The Bertz CT molecular complexity index is 592. The van der Waals surface area contributed by atoms with Crippen LogP contribution in [-0.4, -0.2) is 41.0 Å². The summed E-state index contributed by atoms with van der Waals surface area (Å²) >= 11 is 0. The molecule has 2 amide bonds. The van der Waals surface area contributed by atoms with Gasteiger partial charge in [0, 0.05) is 6.08 Å². The van der Waals surface area contributed by atoms with Crippen LogP contribution in [0.3, 0.4) is 0 Å². The quantitative estimate of drug-likeness (QED) is 0.665. The highest BCUT2D eigenvalue weighted by Crippen LogP contribution is 2.23. The second-order valence-electron chi connectivity index (χ2n) is 4.67. The highest BCUT2D eigenvalue weighted by Gasteiger charge is 2.31. The van der Waals surface area contributed by atoms with Gasteiger partial charge in [-0.15, -0.1) is 0 Å². The number of aliphatic carboxylic acids is 1. The molecule has 1 atom stereocenters. The van der Waals surface area contributed by atoms with Gasteiger partial charge in [0.25, 0.3) is 11.8 Å². The minimum Gasteiger partial charge on any atom is -0.478 e. The Labute approximate surface area is 121 Å². The lowest BCUT2D eigenvalue weighted by molar-refractivity contribution is -0.161. The minimum atomic E-state index is -1.04. The number of nitrogens with zero attached hydrogens (tertiary/aromatic N) is 1. The van der Waals surface area contributed by atoms with Crippen LogP contribution < -0.4 is 0 Å². The normalized spacial score (nSPS) is 17.3. The first-order valence-electron chi connectivity index (χ1n) is 6.42. The summed E-state index contributed by atoms with van der Waals surface area (Å²) in [5, 5.41) is 8.63. The first-order valence-corrected chi connectivity index (χ1v) is 6.42. The second-order valence-corrected chi connectivity index (χ2v) is 4.67. The van der Waals surface area contributed by atoms with Crippen molar-refractivity contribution >= 4 is 23.9 Å². The van der Waals surface area contributed by atoms with Gasteiger partial charge in [-0.05, 0) is 30.2 Å². The number of carbonyl (C=O) groups is 3. The van der Waals surface area contributed by atoms with E-state index in [1.54, 1.807) is 31.2 Å². The monoisotopic (exact) mass is 289 g/mol. The van der Waals surface area contributed by atoms with Crippen LogP contribution in [0.25, 0.3) is 6.08 Å². The zero-order valence-electron chi connectivity index (χ0n) is 11.5. The Balaban J connectivity index is 2.24. The van der Waals surface area contributed by atoms with Crippen LogP contribution >= 0.6 is 0 Å². The van der Waals surface area contributed by atoms with Crippen LogP contribution in [0.1, 0.15) is 24.1 Å². The number of carboxylic acids is 1. The summed E-state index contributed by atoms with van der Waals surface area (Å²) in [4.78, 5) is 35.3. The second kappa shape index (κ2) is 6.32. The third-order valence-corrected chi connectivity index (χ3v) is 3.19. The van der Waals surface area contributed by atoms with Crippen molar-refractivity contribution in [2.45, 2.75) is 13.0 Å². The predicted molar refractivity (Wildman–Crippen MR) is 74.2 cm³/mol. The molecule has 110 valence electrons. The fourth-order valence-electron chi connectivity index (χ4n) is 2.17. The average molecular weight is 289 g/mol. The van der Waals surface area contributed by atoms with Crippen molar-refractivity contribution in [2.24, 2.45) is 0 Å². The maximum atomic E-state index is 11.8. The summed E-state index contributed by atoms with van der Waals surface area (Å²) in [5.74, 6) is -1.78. The Kier molecular flexibility index (Phi) is 4.49. The molecule has 1 heterocycles. The zero-order valence-corrected chi connectivity index (χ0v) is 11.5. The molecule has 0 aliphatic carbocycles. The number of hydrogen-bond donors (Lipinski definition) is 1. The van der Waals surface area contributed by atoms with Crippen molar-refractivity contribution in [3.63, 3.8) is 0 Å². The number of imide groups is 1. The third-order valence-electron chi connectivity index (χ3n) is 3.19. The molecule has 1 aliphatic rings. The number of ether oxygens (including phenoxy) is 1. The van der Waals surface area contributed by atoms with Gasteiger partial charge in [-0.1, -0.05) is 18.2 Å². The SMILES string of the molecule is CC(c1cccc(C=CC(=O)O)c1)N1C(=O)COCC1=O. The van der Waals surface area contributed by atoms with Crippen LogP contribution in [0.2, 0.25) is 0 Å². The summed E-state index contributed by atoms with van der Waals surface area (Å²) in [7, 11) is 0. The van der Waals surface area contributed by atoms with E-state index >= 15 is 0 Å². The van der Waals surface area contributed by atoms with Crippen LogP contribution in [0.4, 0.5) is 0 Å². The average Bonchev–Trinajstić information content (AvgIpc) is 2.45. The maximum absolute atomic E-state index is 11.8. The molecule has 0 aromatic heterocycles. The number of rotatable bonds is 4. The maximum Gasteiger partial charge on any atom is 0.328 e. The van der Waals surface area contributed by atoms with E-state index in [-0.39, 0.29) is 25.0 Å². The van der Waals surface area contributed by atoms with Crippen molar-refractivity contribution in [3.8, 4) is 0 Å². The summed E-state index contributed by atoms with van der Waals surface area (Å²) in [6.07, 6.45) is 2.50. The van der Waals surface area contributed by atoms with E-state index < -0.39 is 12.0 Å². The summed E-state index contributed by atoms with van der Waals surface area (Å²) in [6, 6.07) is 6.62. The van der Waals surface area contributed by atoms with Gasteiger partial charge >= 0.3 is 5.97 Å². The molecule has 1 aromatic carbocycles. The zero-order chi connectivity index (χ0) is 15.4. The van der Waals surface area contributed by atoms with Crippen molar-refractivity contribution in [1.82, 2.24) is 4.90 Å². The lowest BCUT2D eigenvalue weighted by Crippen LogP contribution is -2.47. The molecule has 0 spiro atoms. The van der Waals surface area contributed by atoms with E-state index in [2.05, 4.69) is 0 Å². The van der Waals surface area contributed by atoms with Crippen LogP contribution in [-0.2, 0) is 19.1 Å². The third kappa shape index (κ3) is 3.55. The lowest BCUT2D eigenvalue weighted by atomic mass is 10.0. The molecule has 21 heavy (non-hydrogen) atoms. The van der Waals surface area contributed by atoms with E-state index in [0.29, 0.717) is 5.56 Å². The number of hydrogen-bond acceptors (Lipinski definition) is 4. The van der Waals surface area contributed by atoms with E-state index in [1.165, 1.54) is 11.0 Å². The predicted octanol–water partition coefficient (Wildman–Crippen LogP) is 1.23. The molecular weight excluding hydrogens is 274 g/mol. The molecular formula is C15H15NO5. The first-order chi connectivity index (χ1) is 9.99. The number of morpholine rings is 1. The number of amides is 2. The first kappa shape index (κ1) is 14.9. The van der Waals surface area contributed by atoms with Crippen molar-refractivity contribution < 1.29 is 24.2 Å². The fraction of sp³-hybridized carbons (Fsp3) is 0.267. The molecule has 1 fully saturated rings. The summed E-state index contributed by atoms with van der Waals surface area (Å²) in [6.45, 7) is 1.55. The molecule has 1 aromatic rings. The van der Waals surface area contributed by atoms with Crippen molar-refractivity contribution in [1.29, 1.82) is 0 Å². The smallest absolute Gasteiger partial charge is 0.328 e. The number of carbonyl (C=O) groups excluding carboxylic acids is 2. The van der Waals surface area contributed by atoms with Crippen molar-refractivity contribution in [3.05, 3.63) is 41.5 Å². The molecule has 0 radical (unpaired) electrons. The van der Waals surface area contributed by atoms with Crippen molar-refractivity contribution in [2.75, 3.05) is 13.2 Å². The van der Waals surface area contributed by atoms with Crippen LogP contribution in [0.5, 0.6) is 0 Å². The topological polar surface area (TPSA) is 83.9 Å². The Morgan fingerprint density at radius 2 is 2.00 bits per heavy atom. The molecule has 6 heteroatoms. The lowest BCUT2D eigenvalue weighted by Gasteiger charge is -2.30. The molecule has 1 aliphatic heterocycles. The van der Waals surface area contributed by atoms with Gasteiger partial charge in [-0.2, -0.15) is 0 Å². The van der Waals surface area contributed by atoms with E-state index in [9.17, 15) is 14.4 Å². The van der Waals surface area contributed by atoms with Gasteiger partial charge < -0.3 is 9.84 Å².